The van der Waals surface area contributed by atoms with Gasteiger partial charge in [0.05, 0.1) is 6.20 Å². The van der Waals surface area contributed by atoms with Crippen LogP contribution >= 0.6 is 0 Å². The van der Waals surface area contributed by atoms with Crippen LogP contribution in [0.25, 0.3) is 0 Å². The Morgan fingerprint density at radius 1 is 1.29 bits per heavy atom. The highest BCUT2D eigenvalue weighted by atomic mass is 15.3. The van der Waals surface area contributed by atoms with Gasteiger partial charge in [-0.05, 0) is 30.9 Å². The third-order valence-corrected chi connectivity index (χ3v) is 3.75. The molecule has 1 aliphatic rings. The molecule has 5 nitrogen and oxygen atoms in total. The van der Waals surface area contributed by atoms with Crippen LogP contribution in [0.2, 0.25) is 0 Å². The van der Waals surface area contributed by atoms with Crippen LogP contribution in [0.3, 0.4) is 0 Å². The molecular formula is C16H21N5. The summed E-state index contributed by atoms with van der Waals surface area (Å²) in [5.41, 5.74) is 2.62. The maximum atomic E-state index is 4.61. The van der Waals surface area contributed by atoms with Gasteiger partial charge in [-0.25, -0.2) is 0 Å². The van der Waals surface area contributed by atoms with Crippen molar-refractivity contribution in [2.45, 2.75) is 32.6 Å². The van der Waals surface area contributed by atoms with Crippen LogP contribution in [-0.4, -0.2) is 28.3 Å². The maximum absolute atomic E-state index is 4.61. The van der Waals surface area contributed by atoms with Gasteiger partial charge in [-0.15, -0.1) is 5.10 Å². The Morgan fingerprint density at radius 2 is 2.19 bits per heavy atom. The number of unbranched alkanes of at least 4 members (excludes halogenated alkanes) is 1. The zero-order chi connectivity index (χ0) is 14.5. The molecule has 0 aliphatic carbocycles. The Hall–Kier alpha value is -2.17. The molecule has 0 radical (unpaired) electrons. The molecule has 1 aliphatic heterocycles. The van der Waals surface area contributed by atoms with Crippen LogP contribution in [0.15, 0.2) is 30.5 Å². The molecule has 1 N–H and O–H groups in total. The number of nitrogens with zero attached hydrogens (tertiary/aromatic N) is 4. The van der Waals surface area contributed by atoms with Gasteiger partial charge < -0.3 is 10.2 Å². The molecule has 21 heavy (non-hydrogen) atoms. The Bertz CT molecular complexity index is 599. The Kier molecular flexibility index (Phi) is 4.28. The molecule has 3 rings (SSSR count). The van der Waals surface area contributed by atoms with Gasteiger partial charge in [-0.1, -0.05) is 31.5 Å². The normalized spacial score (nSPS) is 13.9. The summed E-state index contributed by atoms with van der Waals surface area (Å²) in [6.07, 6.45) is 6.28. The van der Waals surface area contributed by atoms with E-state index in [1.54, 1.807) is 6.20 Å². The largest absolute Gasteiger partial charge is 0.353 e. The minimum absolute atomic E-state index is 0.615. The van der Waals surface area contributed by atoms with Gasteiger partial charge in [0.15, 0.2) is 5.82 Å². The number of nitrogens with one attached hydrogen (secondary N) is 1. The topological polar surface area (TPSA) is 53.9 Å². The minimum atomic E-state index is 0.615. The fraction of sp³-hybridized carbons (Fsp3) is 0.438. The molecule has 0 saturated carbocycles. The molecule has 5 heteroatoms. The zero-order valence-corrected chi connectivity index (χ0v) is 12.4. The third kappa shape index (κ3) is 3.12. The lowest BCUT2D eigenvalue weighted by atomic mass is 10.0. The summed E-state index contributed by atoms with van der Waals surface area (Å²) in [6.45, 7) is 4.03. The van der Waals surface area contributed by atoms with Gasteiger partial charge in [0.25, 0.3) is 0 Å². The predicted octanol–water partition coefficient (Wildman–Crippen LogP) is 3.17. The van der Waals surface area contributed by atoms with Crippen LogP contribution in [-0.2, 0) is 6.42 Å². The lowest BCUT2D eigenvalue weighted by Crippen LogP contribution is -2.25. The molecule has 2 heterocycles. The summed E-state index contributed by atoms with van der Waals surface area (Å²) in [6, 6.07) is 8.52. The molecule has 0 fully saturated rings. The van der Waals surface area contributed by atoms with E-state index in [9.17, 15) is 0 Å². The lowest BCUT2D eigenvalue weighted by Gasteiger charge is -2.30. The second-order valence-electron chi connectivity index (χ2n) is 5.30. The SMILES string of the molecule is CCCCNc1nncc(N2CCCc3ccccc32)n1. The number of benzene rings is 1. The van der Waals surface area contributed by atoms with Crippen LogP contribution < -0.4 is 10.2 Å². The quantitative estimate of drug-likeness (QED) is 0.854. The highest BCUT2D eigenvalue weighted by molar-refractivity contribution is 5.65. The first-order chi connectivity index (χ1) is 10.4. The van der Waals surface area contributed by atoms with Crippen LogP contribution in [0, 0.1) is 0 Å². The summed E-state index contributed by atoms with van der Waals surface area (Å²) < 4.78 is 0. The molecule has 2 aromatic rings. The first-order valence-corrected chi connectivity index (χ1v) is 7.67. The summed E-state index contributed by atoms with van der Waals surface area (Å²) in [5.74, 6) is 1.49. The van der Waals surface area contributed by atoms with Crippen LogP contribution in [0.4, 0.5) is 17.5 Å². The summed E-state index contributed by atoms with van der Waals surface area (Å²) in [4.78, 5) is 6.84. The molecule has 1 aromatic heterocycles. The lowest BCUT2D eigenvalue weighted by molar-refractivity contribution is 0.752. The van der Waals surface area contributed by atoms with Crippen molar-refractivity contribution >= 4 is 17.5 Å². The molecule has 1 aromatic carbocycles. The van der Waals surface area contributed by atoms with E-state index < -0.39 is 0 Å². The highest BCUT2D eigenvalue weighted by Gasteiger charge is 2.19. The number of hydrogen-bond acceptors (Lipinski definition) is 5. The fourth-order valence-corrected chi connectivity index (χ4v) is 2.65. The molecule has 0 spiro atoms. The smallest absolute Gasteiger partial charge is 0.244 e. The molecule has 0 atom stereocenters. The Balaban J connectivity index is 1.83. The number of para-hydroxylation sites is 1. The van der Waals surface area contributed by atoms with E-state index in [1.807, 2.05) is 0 Å². The number of hydrogen-bond donors (Lipinski definition) is 1. The molecule has 110 valence electrons. The average molecular weight is 283 g/mol. The molecule has 0 bridgehead atoms. The number of aryl methyl sites for hydroxylation is 1. The minimum Gasteiger partial charge on any atom is -0.353 e. The molecular weight excluding hydrogens is 262 g/mol. The number of fused-ring (bicyclic) bond motifs is 1. The van der Waals surface area contributed by atoms with E-state index in [-0.39, 0.29) is 0 Å². The van der Waals surface area contributed by atoms with Crippen molar-refractivity contribution in [1.82, 2.24) is 15.2 Å². The van der Waals surface area contributed by atoms with Gasteiger partial charge in [0.1, 0.15) is 0 Å². The van der Waals surface area contributed by atoms with Crippen molar-refractivity contribution in [2.75, 3.05) is 23.3 Å². The second kappa shape index (κ2) is 6.52. The maximum Gasteiger partial charge on any atom is 0.244 e. The summed E-state index contributed by atoms with van der Waals surface area (Å²) in [5, 5.41) is 11.4. The monoisotopic (exact) mass is 283 g/mol. The molecule has 0 saturated heterocycles. The highest BCUT2D eigenvalue weighted by Crippen LogP contribution is 2.31. The van der Waals surface area contributed by atoms with Crippen molar-refractivity contribution in [2.24, 2.45) is 0 Å². The van der Waals surface area contributed by atoms with Crippen molar-refractivity contribution in [3.63, 3.8) is 0 Å². The van der Waals surface area contributed by atoms with E-state index in [0.29, 0.717) is 5.95 Å². The predicted molar refractivity (Wildman–Crippen MR) is 85.0 cm³/mol. The van der Waals surface area contributed by atoms with Crippen LogP contribution in [0.5, 0.6) is 0 Å². The van der Waals surface area contributed by atoms with Crippen molar-refractivity contribution in [1.29, 1.82) is 0 Å². The standard InChI is InChI=1S/C16H21N5/c1-2-3-10-17-16-19-15(12-18-20-16)21-11-6-8-13-7-4-5-9-14(13)21/h4-5,7,9,12H,2-3,6,8,10-11H2,1H3,(H,17,19,20). The Labute approximate surface area is 125 Å². The summed E-state index contributed by atoms with van der Waals surface area (Å²) >= 11 is 0. The first kappa shape index (κ1) is 13.8. The van der Waals surface area contributed by atoms with Crippen molar-refractivity contribution in [3.8, 4) is 0 Å². The van der Waals surface area contributed by atoms with Gasteiger partial charge in [0.2, 0.25) is 5.95 Å². The molecule has 0 amide bonds. The fourth-order valence-electron chi connectivity index (χ4n) is 2.65. The molecule has 0 unspecified atom stereocenters. The van der Waals surface area contributed by atoms with Gasteiger partial charge in [-0.2, -0.15) is 10.1 Å². The van der Waals surface area contributed by atoms with Crippen molar-refractivity contribution in [3.05, 3.63) is 36.0 Å². The summed E-state index contributed by atoms with van der Waals surface area (Å²) in [7, 11) is 0. The van der Waals surface area contributed by atoms with E-state index in [0.717, 1.165) is 44.6 Å². The third-order valence-electron chi connectivity index (χ3n) is 3.75. The zero-order valence-electron chi connectivity index (χ0n) is 12.4. The Morgan fingerprint density at radius 3 is 3.10 bits per heavy atom. The van der Waals surface area contributed by atoms with E-state index in [2.05, 4.69) is 56.6 Å². The van der Waals surface area contributed by atoms with E-state index in [1.165, 1.54) is 11.3 Å². The van der Waals surface area contributed by atoms with Crippen LogP contribution in [0.1, 0.15) is 31.7 Å². The van der Waals surface area contributed by atoms with Gasteiger partial charge in [-0.3, -0.25) is 0 Å². The van der Waals surface area contributed by atoms with Crippen molar-refractivity contribution < 1.29 is 0 Å². The number of rotatable bonds is 5. The van der Waals surface area contributed by atoms with E-state index >= 15 is 0 Å². The number of aromatic nitrogens is 3. The average Bonchev–Trinajstić information content (AvgIpc) is 2.55. The van der Waals surface area contributed by atoms with Gasteiger partial charge >= 0.3 is 0 Å². The number of anilines is 3. The van der Waals surface area contributed by atoms with E-state index in [4.69, 9.17) is 0 Å². The first-order valence-electron chi connectivity index (χ1n) is 7.67. The van der Waals surface area contributed by atoms with Gasteiger partial charge in [0, 0.05) is 18.8 Å². The second-order valence-corrected chi connectivity index (χ2v) is 5.30.